The summed E-state index contributed by atoms with van der Waals surface area (Å²) in [4.78, 5) is 0. The van der Waals surface area contributed by atoms with E-state index in [9.17, 15) is 4.39 Å². The molecular formula is C17H25F. The molecule has 1 unspecified atom stereocenters. The minimum Gasteiger partial charge on any atom is -0.206 e. The van der Waals surface area contributed by atoms with Crippen LogP contribution in [0.5, 0.6) is 0 Å². The molecule has 1 aromatic rings. The Morgan fingerprint density at radius 2 is 1.67 bits per heavy atom. The van der Waals surface area contributed by atoms with Gasteiger partial charge in [-0.1, -0.05) is 53.7 Å². The predicted octanol–water partition coefficient (Wildman–Crippen LogP) is 5.20. The molecule has 1 heteroatoms. The molecular weight excluding hydrogens is 223 g/mol. The lowest BCUT2D eigenvalue weighted by atomic mass is 9.76. The van der Waals surface area contributed by atoms with Crippen LogP contribution in [0.4, 0.5) is 4.39 Å². The van der Waals surface area contributed by atoms with Crippen molar-refractivity contribution in [1.29, 1.82) is 0 Å². The Kier molecular flexibility index (Phi) is 3.08. The van der Waals surface area contributed by atoms with Gasteiger partial charge < -0.3 is 0 Å². The summed E-state index contributed by atoms with van der Waals surface area (Å²) in [6.45, 7) is 13.0. The highest BCUT2D eigenvalue weighted by atomic mass is 19.1. The first-order valence-corrected chi connectivity index (χ1v) is 6.94. The van der Waals surface area contributed by atoms with Gasteiger partial charge in [0.25, 0.3) is 0 Å². The Hall–Kier alpha value is -0.850. The predicted molar refractivity (Wildman–Crippen MR) is 75.6 cm³/mol. The van der Waals surface area contributed by atoms with E-state index >= 15 is 0 Å². The number of hydrogen-bond acceptors (Lipinski definition) is 0. The van der Waals surface area contributed by atoms with Crippen LogP contribution in [0, 0.1) is 11.2 Å². The third-order valence-corrected chi connectivity index (χ3v) is 4.19. The highest BCUT2D eigenvalue weighted by molar-refractivity contribution is 5.42. The standard InChI is InChI=1S/C17H25F/c1-16(2,3)13-9-8-12-11(13)7-10-14(15(12)18)17(4,5)6/h7,10,13H,8-9H2,1-6H3. The molecule has 0 aromatic heterocycles. The molecule has 0 amide bonds. The van der Waals surface area contributed by atoms with Gasteiger partial charge in [0.2, 0.25) is 0 Å². The normalized spacial score (nSPS) is 20.1. The molecule has 0 aliphatic heterocycles. The molecule has 0 heterocycles. The van der Waals surface area contributed by atoms with Gasteiger partial charge in [0.15, 0.2) is 0 Å². The lowest BCUT2D eigenvalue weighted by Gasteiger charge is -2.28. The number of rotatable bonds is 0. The molecule has 0 spiro atoms. The molecule has 1 aliphatic carbocycles. The van der Waals surface area contributed by atoms with E-state index in [-0.39, 0.29) is 16.6 Å². The van der Waals surface area contributed by atoms with Crippen molar-refractivity contribution >= 4 is 0 Å². The molecule has 0 bridgehead atoms. The van der Waals surface area contributed by atoms with Crippen molar-refractivity contribution in [1.82, 2.24) is 0 Å². The van der Waals surface area contributed by atoms with E-state index in [0.717, 1.165) is 24.0 Å². The van der Waals surface area contributed by atoms with Crippen molar-refractivity contribution in [2.75, 3.05) is 0 Å². The summed E-state index contributed by atoms with van der Waals surface area (Å²) in [6.07, 6.45) is 1.98. The zero-order valence-corrected chi connectivity index (χ0v) is 12.5. The summed E-state index contributed by atoms with van der Waals surface area (Å²) in [7, 11) is 0. The van der Waals surface area contributed by atoms with Gasteiger partial charge in [-0.2, -0.15) is 0 Å². The third kappa shape index (κ3) is 2.20. The van der Waals surface area contributed by atoms with Crippen molar-refractivity contribution in [3.8, 4) is 0 Å². The summed E-state index contributed by atoms with van der Waals surface area (Å²) in [6, 6.07) is 4.17. The maximum atomic E-state index is 14.6. The monoisotopic (exact) mass is 248 g/mol. The first-order chi connectivity index (χ1) is 8.12. The maximum Gasteiger partial charge on any atom is 0.130 e. The lowest BCUT2D eigenvalue weighted by molar-refractivity contribution is 0.319. The van der Waals surface area contributed by atoms with Gasteiger partial charge in [-0.25, -0.2) is 4.39 Å². The van der Waals surface area contributed by atoms with E-state index in [1.165, 1.54) is 5.56 Å². The molecule has 0 saturated carbocycles. The molecule has 18 heavy (non-hydrogen) atoms. The van der Waals surface area contributed by atoms with E-state index < -0.39 is 0 Å². The first kappa shape index (κ1) is 13.6. The Labute approximate surface area is 111 Å². The largest absolute Gasteiger partial charge is 0.206 e. The minimum atomic E-state index is -0.112. The molecule has 0 fully saturated rings. The van der Waals surface area contributed by atoms with Crippen molar-refractivity contribution in [3.63, 3.8) is 0 Å². The Morgan fingerprint density at radius 1 is 1.06 bits per heavy atom. The Bertz CT molecular complexity index is 458. The van der Waals surface area contributed by atoms with Gasteiger partial charge in [-0.3, -0.25) is 0 Å². The van der Waals surface area contributed by atoms with Crippen LogP contribution < -0.4 is 0 Å². The molecule has 0 N–H and O–H groups in total. The lowest BCUT2D eigenvalue weighted by Crippen LogP contribution is -2.17. The van der Waals surface area contributed by atoms with Crippen LogP contribution in [-0.4, -0.2) is 0 Å². The average Bonchev–Trinajstić information content (AvgIpc) is 2.59. The van der Waals surface area contributed by atoms with Gasteiger partial charge in [-0.15, -0.1) is 0 Å². The van der Waals surface area contributed by atoms with Crippen molar-refractivity contribution < 1.29 is 4.39 Å². The van der Waals surface area contributed by atoms with E-state index in [0.29, 0.717) is 5.92 Å². The summed E-state index contributed by atoms with van der Waals surface area (Å²) >= 11 is 0. The molecule has 100 valence electrons. The summed E-state index contributed by atoms with van der Waals surface area (Å²) in [5.41, 5.74) is 3.19. The summed E-state index contributed by atoms with van der Waals surface area (Å²) in [5.74, 6) is 0.544. The number of halogens is 1. The zero-order valence-electron chi connectivity index (χ0n) is 12.5. The molecule has 1 aliphatic rings. The topological polar surface area (TPSA) is 0 Å². The molecule has 0 radical (unpaired) electrons. The van der Waals surface area contributed by atoms with E-state index in [1.54, 1.807) is 0 Å². The summed E-state index contributed by atoms with van der Waals surface area (Å²) < 4.78 is 14.6. The van der Waals surface area contributed by atoms with Gasteiger partial charge in [0.05, 0.1) is 0 Å². The fraction of sp³-hybridized carbons (Fsp3) is 0.647. The van der Waals surface area contributed by atoms with E-state index in [2.05, 4.69) is 47.6 Å². The van der Waals surface area contributed by atoms with Crippen LogP contribution in [0.2, 0.25) is 0 Å². The third-order valence-electron chi connectivity index (χ3n) is 4.19. The number of hydrogen-bond donors (Lipinski definition) is 0. The van der Waals surface area contributed by atoms with Crippen LogP contribution in [0.1, 0.15) is 70.6 Å². The fourth-order valence-corrected chi connectivity index (χ4v) is 3.14. The Balaban J connectivity index is 2.51. The average molecular weight is 248 g/mol. The molecule has 1 aromatic carbocycles. The summed E-state index contributed by atoms with van der Waals surface area (Å²) in [5, 5.41) is 0. The quantitative estimate of drug-likeness (QED) is 0.592. The second-order valence-corrected chi connectivity index (χ2v) is 7.70. The zero-order chi connectivity index (χ0) is 13.7. The first-order valence-electron chi connectivity index (χ1n) is 6.94. The SMILES string of the molecule is CC(C)(C)c1ccc2c(c1F)CCC2C(C)(C)C. The van der Waals surface area contributed by atoms with Crippen molar-refractivity contribution in [3.05, 3.63) is 34.6 Å². The van der Waals surface area contributed by atoms with Crippen LogP contribution >= 0.6 is 0 Å². The van der Waals surface area contributed by atoms with Gasteiger partial charge in [0.1, 0.15) is 5.82 Å². The van der Waals surface area contributed by atoms with Crippen LogP contribution in [-0.2, 0) is 11.8 Å². The minimum absolute atomic E-state index is 0.0479. The molecule has 1 atom stereocenters. The number of fused-ring (bicyclic) bond motifs is 1. The second-order valence-electron chi connectivity index (χ2n) is 7.70. The van der Waals surface area contributed by atoms with Gasteiger partial charge in [0, 0.05) is 0 Å². The van der Waals surface area contributed by atoms with Gasteiger partial charge >= 0.3 is 0 Å². The highest BCUT2D eigenvalue weighted by Gasteiger charge is 2.35. The van der Waals surface area contributed by atoms with Crippen molar-refractivity contribution in [2.45, 2.75) is 65.7 Å². The highest BCUT2D eigenvalue weighted by Crippen LogP contribution is 2.46. The molecule has 2 rings (SSSR count). The van der Waals surface area contributed by atoms with Gasteiger partial charge in [-0.05, 0) is 46.3 Å². The maximum absolute atomic E-state index is 14.6. The van der Waals surface area contributed by atoms with Crippen LogP contribution in [0.15, 0.2) is 12.1 Å². The fourth-order valence-electron chi connectivity index (χ4n) is 3.14. The molecule has 0 saturated heterocycles. The van der Waals surface area contributed by atoms with Crippen LogP contribution in [0.25, 0.3) is 0 Å². The Morgan fingerprint density at radius 3 is 2.17 bits per heavy atom. The smallest absolute Gasteiger partial charge is 0.130 e. The molecule has 0 nitrogen and oxygen atoms in total. The van der Waals surface area contributed by atoms with Crippen molar-refractivity contribution in [2.24, 2.45) is 5.41 Å². The van der Waals surface area contributed by atoms with Crippen LogP contribution in [0.3, 0.4) is 0 Å². The van der Waals surface area contributed by atoms with E-state index in [1.807, 2.05) is 6.07 Å². The second kappa shape index (κ2) is 4.08. The number of benzene rings is 1. The van der Waals surface area contributed by atoms with E-state index in [4.69, 9.17) is 0 Å².